The summed E-state index contributed by atoms with van der Waals surface area (Å²) < 4.78 is 10.5. The van der Waals surface area contributed by atoms with Crippen LogP contribution in [0.15, 0.2) is 79.4 Å². The number of ether oxygens (including phenoxy) is 1. The van der Waals surface area contributed by atoms with Crippen LogP contribution in [0.3, 0.4) is 0 Å². The van der Waals surface area contributed by atoms with E-state index < -0.39 is 0 Å². The highest BCUT2D eigenvalue weighted by Gasteiger charge is 2.20. The van der Waals surface area contributed by atoms with Crippen LogP contribution in [0.5, 0.6) is 0 Å². The fraction of sp³-hybridized carbons (Fsp3) is 0.160. The normalized spacial score (nSPS) is 12.2. The number of benzene rings is 3. The van der Waals surface area contributed by atoms with Crippen molar-refractivity contribution in [1.82, 2.24) is 4.57 Å². The van der Waals surface area contributed by atoms with E-state index in [4.69, 9.17) is 62.7 Å². The molecule has 0 bridgehead atoms. The van der Waals surface area contributed by atoms with Crippen molar-refractivity contribution >= 4 is 58.0 Å². The van der Waals surface area contributed by atoms with E-state index in [1.165, 1.54) is 0 Å². The monoisotopic (exact) mass is 539 g/mol. The van der Waals surface area contributed by atoms with Gasteiger partial charge in [0.15, 0.2) is 0 Å². The Morgan fingerprint density at radius 2 is 1.45 bits per heavy atom. The third-order valence-corrected chi connectivity index (χ3v) is 6.57. The Labute approximate surface area is 218 Å². The van der Waals surface area contributed by atoms with E-state index in [0.717, 1.165) is 28.3 Å². The Morgan fingerprint density at radius 1 is 0.788 bits per heavy atom. The van der Waals surface area contributed by atoms with E-state index in [9.17, 15) is 0 Å². The van der Waals surface area contributed by atoms with Crippen molar-refractivity contribution in [2.75, 3.05) is 0 Å². The average molecular weight is 542 g/mol. The standard InChI is InChI=1S/C25H20Cl5N2O/c26-19-4-1-17(2-5-19)13-31-9-10-32(16-31)14-25(22-8-7-21(28)12-24(22)30)33-15-18-3-6-20(27)11-23(18)29/h1-12,16,25H,13-15H2/q+1. The molecule has 4 aromatic rings. The maximum absolute atomic E-state index is 6.52. The van der Waals surface area contributed by atoms with Crippen LogP contribution in [0, 0.1) is 0 Å². The molecule has 0 aliphatic rings. The van der Waals surface area contributed by atoms with Gasteiger partial charge in [0.05, 0.1) is 6.61 Å². The second-order valence-corrected chi connectivity index (χ2v) is 9.73. The van der Waals surface area contributed by atoms with E-state index >= 15 is 0 Å². The van der Waals surface area contributed by atoms with Crippen molar-refractivity contribution in [3.8, 4) is 0 Å². The van der Waals surface area contributed by atoms with Crippen molar-refractivity contribution in [2.24, 2.45) is 0 Å². The first kappa shape index (κ1) is 24.4. The van der Waals surface area contributed by atoms with Crippen LogP contribution in [0.1, 0.15) is 22.8 Å². The van der Waals surface area contributed by atoms with Gasteiger partial charge in [-0.15, -0.1) is 0 Å². The SMILES string of the molecule is Clc1ccc(C[n+]2ccn(CC(OCc3ccc(Cl)cc3Cl)c3ccc(Cl)cc3Cl)c2)cc1. The molecule has 0 radical (unpaired) electrons. The summed E-state index contributed by atoms with van der Waals surface area (Å²) in [5.74, 6) is 0. The zero-order chi connectivity index (χ0) is 23.4. The maximum Gasteiger partial charge on any atom is 0.244 e. The van der Waals surface area contributed by atoms with Crippen molar-refractivity contribution in [1.29, 1.82) is 0 Å². The molecular formula is C25H20Cl5N2O+. The van der Waals surface area contributed by atoms with Gasteiger partial charge in [0.25, 0.3) is 0 Å². The number of hydrogen-bond donors (Lipinski definition) is 0. The van der Waals surface area contributed by atoms with Crippen LogP contribution < -0.4 is 4.57 Å². The van der Waals surface area contributed by atoms with Crippen molar-refractivity contribution in [2.45, 2.75) is 25.8 Å². The summed E-state index contributed by atoms with van der Waals surface area (Å²) in [7, 11) is 0. The summed E-state index contributed by atoms with van der Waals surface area (Å²) in [5.41, 5.74) is 2.86. The van der Waals surface area contributed by atoms with Gasteiger partial charge in [0.1, 0.15) is 31.6 Å². The van der Waals surface area contributed by atoms with Gasteiger partial charge in [-0.25, -0.2) is 9.13 Å². The molecule has 0 saturated carbocycles. The van der Waals surface area contributed by atoms with Gasteiger partial charge in [0, 0.05) is 30.7 Å². The van der Waals surface area contributed by atoms with Gasteiger partial charge in [-0.3, -0.25) is 0 Å². The van der Waals surface area contributed by atoms with Gasteiger partial charge < -0.3 is 4.74 Å². The fourth-order valence-electron chi connectivity index (χ4n) is 3.46. The first-order valence-electron chi connectivity index (χ1n) is 10.2. The molecule has 0 N–H and O–H groups in total. The van der Waals surface area contributed by atoms with Crippen LogP contribution >= 0.6 is 58.0 Å². The molecule has 1 atom stereocenters. The maximum atomic E-state index is 6.52. The number of rotatable bonds is 8. The van der Waals surface area contributed by atoms with Gasteiger partial charge in [-0.2, -0.15) is 0 Å². The smallest absolute Gasteiger partial charge is 0.244 e. The Kier molecular flexibility index (Phi) is 8.24. The molecule has 1 heterocycles. The predicted molar refractivity (Wildman–Crippen MR) is 136 cm³/mol. The molecule has 0 aliphatic heterocycles. The minimum Gasteiger partial charge on any atom is -0.365 e. The highest BCUT2D eigenvalue weighted by atomic mass is 35.5. The van der Waals surface area contributed by atoms with E-state index in [-0.39, 0.29) is 6.10 Å². The molecule has 0 spiro atoms. The predicted octanol–water partition coefficient (Wildman–Crippen LogP) is 8.05. The lowest BCUT2D eigenvalue weighted by molar-refractivity contribution is -0.687. The molecule has 170 valence electrons. The Bertz CT molecular complexity index is 1240. The summed E-state index contributed by atoms with van der Waals surface area (Å²) in [5, 5.41) is 2.99. The van der Waals surface area contributed by atoms with Crippen molar-refractivity contribution in [3.05, 3.63) is 121 Å². The number of aromatic nitrogens is 2. The second-order valence-electron chi connectivity index (χ2n) is 7.61. The molecule has 33 heavy (non-hydrogen) atoms. The van der Waals surface area contributed by atoms with Crippen LogP contribution in [0.2, 0.25) is 25.1 Å². The van der Waals surface area contributed by atoms with E-state index in [1.54, 1.807) is 18.2 Å². The molecule has 0 amide bonds. The Morgan fingerprint density at radius 3 is 2.15 bits per heavy atom. The largest absolute Gasteiger partial charge is 0.365 e. The first-order valence-corrected chi connectivity index (χ1v) is 12.1. The van der Waals surface area contributed by atoms with Gasteiger partial charge in [-0.05, 0) is 47.5 Å². The molecule has 3 nitrogen and oxygen atoms in total. The lowest BCUT2D eigenvalue weighted by Gasteiger charge is -2.19. The molecule has 4 rings (SSSR count). The van der Waals surface area contributed by atoms with E-state index in [0.29, 0.717) is 33.2 Å². The zero-order valence-electron chi connectivity index (χ0n) is 17.4. The van der Waals surface area contributed by atoms with Gasteiger partial charge in [0.2, 0.25) is 6.33 Å². The number of nitrogens with zero attached hydrogens (tertiary/aromatic N) is 2. The molecule has 3 aromatic carbocycles. The molecule has 1 unspecified atom stereocenters. The van der Waals surface area contributed by atoms with Crippen LogP contribution in [0.4, 0.5) is 0 Å². The average Bonchev–Trinajstić information content (AvgIpc) is 3.21. The third kappa shape index (κ3) is 6.66. The third-order valence-electron chi connectivity index (χ3n) is 5.17. The Balaban J connectivity index is 1.53. The second kappa shape index (κ2) is 11.1. The van der Waals surface area contributed by atoms with Crippen molar-refractivity contribution in [3.63, 3.8) is 0 Å². The summed E-state index contributed by atoms with van der Waals surface area (Å²) in [4.78, 5) is 0. The molecule has 0 fully saturated rings. The molecule has 8 heteroatoms. The lowest BCUT2D eigenvalue weighted by atomic mass is 10.1. The molecular weight excluding hydrogens is 522 g/mol. The van der Waals surface area contributed by atoms with Crippen LogP contribution in [-0.2, 0) is 24.4 Å². The van der Waals surface area contributed by atoms with Gasteiger partial charge >= 0.3 is 0 Å². The van der Waals surface area contributed by atoms with Crippen LogP contribution in [-0.4, -0.2) is 4.57 Å². The summed E-state index contributed by atoms with van der Waals surface area (Å²) in [6.45, 7) is 1.60. The van der Waals surface area contributed by atoms with Crippen LogP contribution in [0.25, 0.3) is 0 Å². The van der Waals surface area contributed by atoms with Gasteiger partial charge in [-0.1, -0.05) is 82.3 Å². The summed E-state index contributed by atoms with van der Waals surface area (Å²) >= 11 is 31.0. The number of imidazole rings is 1. The van der Waals surface area contributed by atoms with Crippen molar-refractivity contribution < 1.29 is 9.30 Å². The van der Waals surface area contributed by atoms with E-state index in [2.05, 4.69) is 9.13 Å². The number of halogens is 5. The highest BCUT2D eigenvalue weighted by molar-refractivity contribution is 6.35. The highest BCUT2D eigenvalue weighted by Crippen LogP contribution is 2.31. The van der Waals surface area contributed by atoms with E-state index in [1.807, 2.05) is 61.2 Å². The fourth-order valence-corrected chi connectivity index (χ4v) is 4.58. The molecule has 0 saturated heterocycles. The summed E-state index contributed by atoms with van der Waals surface area (Å²) in [6.07, 6.45) is 5.73. The first-order chi connectivity index (χ1) is 15.9. The minimum atomic E-state index is -0.321. The summed E-state index contributed by atoms with van der Waals surface area (Å²) in [6, 6.07) is 18.6. The molecule has 0 aliphatic carbocycles. The lowest BCUT2D eigenvalue weighted by Crippen LogP contribution is -2.31. The Hall–Kier alpha value is -1.72. The number of hydrogen-bond acceptors (Lipinski definition) is 1. The quantitative estimate of drug-likeness (QED) is 0.206. The topological polar surface area (TPSA) is 18.0 Å². The molecule has 1 aromatic heterocycles. The minimum absolute atomic E-state index is 0.311. The zero-order valence-corrected chi connectivity index (χ0v) is 21.2.